The minimum atomic E-state index is -1.18. The Morgan fingerprint density at radius 2 is 2.05 bits per heavy atom. The van der Waals surface area contributed by atoms with Gasteiger partial charge in [-0.2, -0.15) is 0 Å². The third kappa shape index (κ3) is 4.34. The lowest BCUT2D eigenvalue weighted by atomic mass is 9.98. The highest BCUT2D eigenvalue weighted by atomic mass is 16.5. The van der Waals surface area contributed by atoms with Gasteiger partial charge in [-0.25, -0.2) is 4.79 Å². The second kappa shape index (κ2) is 7.98. The van der Waals surface area contributed by atoms with Crippen LogP contribution in [0.4, 0.5) is 0 Å². The molecular weight excluding hydrogens is 286 g/mol. The number of amides is 1. The van der Waals surface area contributed by atoms with Crippen LogP contribution in [0.2, 0.25) is 0 Å². The molecule has 1 amide bonds. The lowest BCUT2D eigenvalue weighted by Gasteiger charge is -2.23. The number of carbonyl (C=O) groups is 2. The zero-order valence-electron chi connectivity index (χ0n) is 12.8. The largest absolute Gasteiger partial charge is 0.475 e. The third-order valence-corrected chi connectivity index (χ3v) is 4.06. The van der Waals surface area contributed by atoms with Crippen LogP contribution in [0, 0.1) is 5.92 Å². The van der Waals surface area contributed by atoms with Gasteiger partial charge in [0.15, 0.2) is 5.76 Å². The number of nitrogens with one attached hydrogen (secondary N) is 1. The highest BCUT2D eigenvalue weighted by Crippen LogP contribution is 2.30. The highest BCUT2D eigenvalue weighted by Gasteiger charge is 2.25. The minimum absolute atomic E-state index is 0.0197. The van der Waals surface area contributed by atoms with Gasteiger partial charge in [0.1, 0.15) is 0 Å². The van der Waals surface area contributed by atoms with E-state index in [1.54, 1.807) is 0 Å². The fraction of sp³-hybridized carbons (Fsp3) is 0.625. The molecule has 1 aromatic heterocycles. The summed E-state index contributed by atoms with van der Waals surface area (Å²) in [6.45, 7) is 3.15. The van der Waals surface area contributed by atoms with Crippen molar-refractivity contribution in [1.82, 2.24) is 5.32 Å². The number of rotatable bonds is 8. The molecule has 2 N–H and O–H groups in total. The molecule has 0 aromatic carbocycles. The molecular formula is C16H23NO5. The Morgan fingerprint density at radius 1 is 1.36 bits per heavy atom. The van der Waals surface area contributed by atoms with Gasteiger partial charge in [0, 0.05) is 13.2 Å². The van der Waals surface area contributed by atoms with Crippen molar-refractivity contribution in [2.75, 3.05) is 13.2 Å². The van der Waals surface area contributed by atoms with Gasteiger partial charge in [-0.05, 0) is 44.2 Å². The molecule has 1 aliphatic rings. The first-order valence-electron chi connectivity index (χ1n) is 7.84. The van der Waals surface area contributed by atoms with E-state index < -0.39 is 11.9 Å². The van der Waals surface area contributed by atoms with E-state index in [-0.39, 0.29) is 17.6 Å². The van der Waals surface area contributed by atoms with Crippen molar-refractivity contribution >= 4 is 11.9 Å². The van der Waals surface area contributed by atoms with Gasteiger partial charge in [-0.15, -0.1) is 0 Å². The van der Waals surface area contributed by atoms with E-state index in [1.165, 1.54) is 37.8 Å². The molecule has 0 bridgehead atoms. The van der Waals surface area contributed by atoms with Gasteiger partial charge in [-0.1, -0.05) is 12.8 Å². The van der Waals surface area contributed by atoms with Crippen molar-refractivity contribution in [1.29, 1.82) is 0 Å². The van der Waals surface area contributed by atoms with Crippen molar-refractivity contribution in [3.8, 4) is 0 Å². The molecule has 6 heteroatoms. The molecule has 0 radical (unpaired) electrons. The van der Waals surface area contributed by atoms with Crippen LogP contribution >= 0.6 is 0 Å². The average molecular weight is 309 g/mol. The van der Waals surface area contributed by atoms with E-state index >= 15 is 0 Å². The zero-order chi connectivity index (χ0) is 15.9. The predicted octanol–water partition coefficient (Wildman–Crippen LogP) is 2.69. The van der Waals surface area contributed by atoms with Crippen molar-refractivity contribution < 1.29 is 23.8 Å². The maximum absolute atomic E-state index is 11.9. The van der Waals surface area contributed by atoms with E-state index in [2.05, 4.69) is 5.32 Å². The number of carbonyl (C=O) groups excluding carboxylic acids is 1. The molecule has 1 saturated carbocycles. The van der Waals surface area contributed by atoms with Crippen molar-refractivity contribution in [2.24, 2.45) is 5.92 Å². The number of aromatic carboxylic acids is 1. The SMILES string of the molecule is CCOC(CCNC(=O)c1ccc(C(=O)O)o1)C1CCCC1. The molecule has 1 unspecified atom stereocenters. The third-order valence-electron chi connectivity index (χ3n) is 4.06. The summed E-state index contributed by atoms with van der Waals surface area (Å²) in [6.07, 6.45) is 5.84. The molecule has 22 heavy (non-hydrogen) atoms. The maximum atomic E-state index is 11.9. The van der Waals surface area contributed by atoms with Gasteiger partial charge in [-0.3, -0.25) is 4.79 Å². The minimum Gasteiger partial charge on any atom is -0.475 e. The summed E-state index contributed by atoms with van der Waals surface area (Å²) in [6, 6.07) is 2.65. The Hall–Kier alpha value is -1.82. The lowest BCUT2D eigenvalue weighted by Crippen LogP contribution is -2.30. The van der Waals surface area contributed by atoms with Crippen molar-refractivity contribution in [2.45, 2.75) is 45.1 Å². The topological polar surface area (TPSA) is 88.8 Å². The number of carboxylic acid groups (broad SMARTS) is 1. The second-order valence-electron chi connectivity index (χ2n) is 5.55. The maximum Gasteiger partial charge on any atom is 0.371 e. The number of ether oxygens (including phenoxy) is 1. The number of hydrogen-bond acceptors (Lipinski definition) is 4. The molecule has 1 aromatic rings. The van der Waals surface area contributed by atoms with Gasteiger partial charge >= 0.3 is 5.97 Å². The first-order chi connectivity index (χ1) is 10.6. The van der Waals surface area contributed by atoms with Crippen LogP contribution in [-0.4, -0.2) is 36.2 Å². The van der Waals surface area contributed by atoms with Crippen LogP contribution in [0.15, 0.2) is 16.5 Å². The Balaban J connectivity index is 1.80. The lowest BCUT2D eigenvalue weighted by molar-refractivity contribution is 0.0163. The summed E-state index contributed by atoms with van der Waals surface area (Å²) in [7, 11) is 0. The van der Waals surface area contributed by atoms with Crippen molar-refractivity contribution in [3.05, 3.63) is 23.7 Å². The molecule has 1 atom stereocenters. The Morgan fingerprint density at radius 3 is 2.64 bits per heavy atom. The second-order valence-corrected chi connectivity index (χ2v) is 5.55. The summed E-state index contributed by atoms with van der Waals surface area (Å²) in [5.41, 5.74) is 0. The summed E-state index contributed by atoms with van der Waals surface area (Å²) in [5, 5.41) is 11.5. The Labute approximate surface area is 129 Å². The molecule has 0 aliphatic heterocycles. The van der Waals surface area contributed by atoms with E-state index in [0.717, 1.165) is 6.42 Å². The number of hydrogen-bond donors (Lipinski definition) is 2. The van der Waals surface area contributed by atoms with E-state index in [1.807, 2.05) is 6.92 Å². The Kier molecular flexibility index (Phi) is 6.00. The molecule has 0 saturated heterocycles. The quantitative estimate of drug-likeness (QED) is 0.770. The molecule has 1 aliphatic carbocycles. The summed E-state index contributed by atoms with van der Waals surface area (Å²) in [5.74, 6) is -1.21. The van der Waals surface area contributed by atoms with Gasteiger partial charge in [0.25, 0.3) is 5.91 Å². The van der Waals surface area contributed by atoms with Crippen LogP contribution in [0.1, 0.15) is 60.1 Å². The van der Waals surface area contributed by atoms with Gasteiger partial charge in [0.2, 0.25) is 5.76 Å². The molecule has 1 heterocycles. The van der Waals surface area contributed by atoms with Gasteiger partial charge < -0.3 is 19.6 Å². The first-order valence-corrected chi connectivity index (χ1v) is 7.84. The van der Waals surface area contributed by atoms with E-state index in [0.29, 0.717) is 19.1 Å². The summed E-state index contributed by atoms with van der Waals surface area (Å²) >= 11 is 0. The van der Waals surface area contributed by atoms with Gasteiger partial charge in [0.05, 0.1) is 6.10 Å². The molecule has 0 spiro atoms. The predicted molar refractivity (Wildman–Crippen MR) is 80.0 cm³/mol. The monoisotopic (exact) mass is 309 g/mol. The van der Waals surface area contributed by atoms with Crippen LogP contribution in [0.25, 0.3) is 0 Å². The standard InChI is InChI=1S/C16H23NO5/c1-2-21-12(11-5-3-4-6-11)9-10-17-15(18)13-7-8-14(22-13)16(19)20/h7-8,11-12H,2-6,9-10H2,1H3,(H,17,18)(H,19,20). The zero-order valence-corrected chi connectivity index (χ0v) is 12.8. The van der Waals surface area contributed by atoms with Crippen LogP contribution < -0.4 is 5.32 Å². The normalized spacial score (nSPS) is 16.6. The van der Waals surface area contributed by atoms with Crippen LogP contribution in [0.5, 0.6) is 0 Å². The number of carboxylic acids is 1. The fourth-order valence-electron chi connectivity index (χ4n) is 2.99. The van der Waals surface area contributed by atoms with E-state index in [4.69, 9.17) is 14.3 Å². The molecule has 1 fully saturated rings. The van der Waals surface area contributed by atoms with E-state index in [9.17, 15) is 9.59 Å². The van der Waals surface area contributed by atoms with Crippen LogP contribution in [-0.2, 0) is 4.74 Å². The fourth-order valence-corrected chi connectivity index (χ4v) is 2.99. The average Bonchev–Trinajstić information content (AvgIpc) is 3.17. The highest BCUT2D eigenvalue weighted by molar-refractivity contribution is 5.93. The molecule has 122 valence electrons. The molecule has 2 rings (SSSR count). The summed E-state index contributed by atoms with van der Waals surface area (Å²) < 4.78 is 10.8. The van der Waals surface area contributed by atoms with Crippen molar-refractivity contribution in [3.63, 3.8) is 0 Å². The summed E-state index contributed by atoms with van der Waals surface area (Å²) in [4.78, 5) is 22.6. The van der Waals surface area contributed by atoms with Crippen LogP contribution in [0.3, 0.4) is 0 Å². The Bertz CT molecular complexity index is 504. The number of furan rings is 1. The first kappa shape index (κ1) is 16.5. The molecule has 6 nitrogen and oxygen atoms in total. The smallest absolute Gasteiger partial charge is 0.371 e.